The maximum atomic E-state index is 10.7. The number of nitrogens with two attached hydrogens (primary N) is 1. The first-order valence-corrected chi connectivity index (χ1v) is 5.80. The zero-order valence-electron chi connectivity index (χ0n) is 6.69. The Bertz CT molecular complexity index is 418. The largest absolute Gasteiger partial charge is 0.381 e. The molecule has 0 spiro atoms. The Balaban J connectivity index is 3.08. The van der Waals surface area contributed by atoms with Crippen molar-refractivity contribution < 1.29 is 12.6 Å². The molecule has 0 radical (unpaired) electrons. The van der Waals surface area contributed by atoms with Crippen LogP contribution in [0.25, 0.3) is 0 Å². The average molecular weight is 267 g/mol. The van der Waals surface area contributed by atoms with E-state index in [0.29, 0.717) is 4.47 Å². The molecule has 1 aromatic heterocycles. The monoisotopic (exact) mass is 266 g/mol. The summed E-state index contributed by atoms with van der Waals surface area (Å²) in [5.41, 5.74) is 5.38. The van der Waals surface area contributed by atoms with Gasteiger partial charge in [-0.3, -0.25) is 0 Å². The summed E-state index contributed by atoms with van der Waals surface area (Å²) >= 11 is 3.11. The molecule has 0 amide bonds. The zero-order chi connectivity index (χ0) is 10.1. The van der Waals surface area contributed by atoms with E-state index in [2.05, 4.69) is 25.1 Å². The van der Waals surface area contributed by atoms with E-state index in [1.165, 1.54) is 12.3 Å². The third-order valence-electron chi connectivity index (χ3n) is 1.09. The molecule has 13 heavy (non-hydrogen) atoms. The van der Waals surface area contributed by atoms with Crippen LogP contribution in [0.4, 0.5) is 5.82 Å². The van der Waals surface area contributed by atoms with Crippen LogP contribution in [0.15, 0.2) is 16.7 Å². The second kappa shape index (κ2) is 3.51. The summed E-state index contributed by atoms with van der Waals surface area (Å²) in [6, 6.07) is 1.43. The van der Waals surface area contributed by atoms with Gasteiger partial charge in [0.05, 0.1) is 6.26 Å². The first kappa shape index (κ1) is 10.3. The summed E-state index contributed by atoms with van der Waals surface area (Å²) in [4.78, 5) is 3.70. The molecule has 1 aromatic rings. The molecule has 0 aliphatic heterocycles. The highest BCUT2D eigenvalue weighted by molar-refractivity contribution is 9.10. The summed E-state index contributed by atoms with van der Waals surface area (Å²) in [7, 11) is -3.56. The van der Waals surface area contributed by atoms with Gasteiger partial charge in [0.1, 0.15) is 0 Å². The van der Waals surface area contributed by atoms with Gasteiger partial charge in [-0.25, -0.2) is 4.98 Å². The van der Waals surface area contributed by atoms with Gasteiger partial charge in [-0.05, 0) is 15.9 Å². The fourth-order valence-corrected chi connectivity index (χ4v) is 1.43. The summed E-state index contributed by atoms with van der Waals surface area (Å²) in [5.74, 6) is 0.0606. The highest BCUT2D eigenvalue weighted by Gasteiger charge is 2.09. The second-order valence-electron chi connectivity index (χ2n) is 2.32. The van der Waals surface area contributed by atoms with Crippen molar-refractivity contribution in [3.63, 3.8) is 0 Å². The van der Waals surface area contributed by atoms with Crippen molar-refractivity contribution in [3.05, 3.63) is 16.7 Å². The molecule has 0 unspecified atom stereocenters. The molecule has 7 heteroatoms. The number of pyridine rings is 1. The standard InChI is InChI=1S/C6H7BrN2O3S/c1-13(10,11)12-5-2-4(7)3-9-6(5)8/h2-3H,1H3,(H2,8,9). The Morgan fingerprint density at radius 3 is 2.77 bits per heavy atom. The van der Waals surface area contributed by atoms with Crippen LogP contribution >= 0.6 is 15.9 Å². The first-order valence-electron chi connectivity index (χ1n) is 3.19. The Morgan fingerprint density at radius 1 is 1.62 bits per heavy atom. The number of anilines is 1. The molecule has 0 aromatic carbocycles. The van der Waals surface area contributed by atoms with Crippen molar-refractivity contribution in [2.45, 2.75) is 0 Å². The molecular formula is C6H7BrN2O3S. The average Bonchev–Trinajstić information content (AvgIpc) is 1.94. The lowest BCUT2D eigenvalue weighted by Gasteiger charge is -2.04. The van der Waals surface area contributed by atoms with Gasteiger partial charge in [0, 0.05) is 16.7 Å². The highest BCUT2D eigenvalue weighted by Crippen LogP contribution is 2.23. The molecule has 0 atom stereocenters. The number of nitrogens with zero attached hydrogens (tertiary/aromatic N) is 1. The minimum Gasteiger partial charge on any atom is -0.381 e. The molecule has 0 aliphatic carbocycles. The van der Waals surface area contributed by atoms with Crippen molar-refractivity contribution in [2.24, 2.45) is 0 Å². The minimum absolute atomic E-state index is 0.0249. The van der Waals surface area contributed by atoms with Gasteiger partial charge in [-0.15, -0.1) is 0 Å². The van der Waals surface area contributed by atoms with Crippen LogP contribution in [0.2, 0.25) is 0 Å². The van der Waals surface area contributed by atoms with Gasteiger partial charge in [-0.2, -0.15) is 8.42 Å². The normalized spacial score (nSPS) is 11.2. The lowest BCUT2D eigenvalue weighted by molar-refractivity contribution is 0.493. The van der Waals surface area contributed by atoms with Gasteiger partial charge in [0.25, 0.3) is 0 Å². The number of hydrogen-bond donors (Lipinski definition) is 1. The molecule has 1 heterocycles. The second-order valence-corrected chi connectivity index (χ2v) is 4.81. The number of aromatic nitrogens is 1. The van der Waals surface area contributed by atoms with E-state index in [4.69, 9.17) is 5.73 Å². The maximum Gasteiger partial charge on any atom is 0.306 e. The minimum atomic E-state index is -3.56. The van der Waals surface area contributed by atoms with Gasteiger partial charge in [0.15, 0.2) is 11.6 Å². The van der Waals surface area contributed by atoms with E-state index in [1.54, 1.807) is 0 Å². The predicted molar refractivity (Wildman–Crippen MR) is 51.8 cm³/mol. The van der Waals surface area contributed by atoms with Gasteiger partial charge in [-0.1, -0.05) is 0 Å². The number of nitrogen functional groups attached to an aromatic ring is 1. The molecule has 72 valence electrons. The van der Waals surface area contributed by atoms with E-state index in [1.807, 2.05) is 0 Å². The van der Waals surface area contributed by atoms with Crippen molar-refractivity contribution in [2.75, 3.05) is 12.0 Å². The third kappa shape index (κ3) is 3.19. The third-order valence-corrected chi connectivity index (χ3v) is 2.01. The lowest BCUT2D eigenvalue weighted by atomic mass is 10.4. The molecule has 2 N–H and O–H groups in total. The van der Waals surface area contributed by atoms with Crippen LogP contribution in [0.1, 0.15) is 0 Å². The zero-order valence-corrected chi connectivity index (χ0v) is 9.09. The molecule has 0 aliphatic rings. The molecule has 0 fully saturated rings. The van der Waals surface area contributed by atoms with Crippen molar-refractivity contribution >= 4 is 31.9 Å². The molecule has 0 saturated carbocycles. The first-order chi connectivity index (χ1) is 5.88. The predicted octanol–water partition coefficient (Wildman–Crippen LogP) is 0.765. The van der Waals surface area contributed by atoms with E-state index >= 15 is 0 Å². The highest BCUT2D eigenvalue weighted by atomic mass is 79.9. The number of halogens is 1. The topological polar surface area (TPSA) is 82.3 Å². The van der Waals surface area contributed by atoms with E-state index in [0.717, 1.165) is 6.26 Å². The fourth-order valence-electron chi connectivity index (χ4n) is 0.661. The van der Waals surface area contributed by atoms with Crippen molar-refractivity contribution in [3.8, 4) is 5.75 Å². The fraction of sp³-hybridized carbons (Fsp3) is 0.167. The van der Waals surface area contributed by atoms with Crippen LogP contribution in [0, 0.1) is 0 Å². The molecule has 1 rings (SSSR count). The van der Waals surface area contributed by atoms with Crippen molar-refractivity contribution in [1.82, 2.24) is 4.98 Å². The maximum absolute atomic E-state index is 10.7. The summed E-state index contributed by atoms with van der Waals surface area (Å²) in [6.45, 7) is 0. The molecular weight excluding hydrogens is 260 g/mol. The van der Waals surface area contributed by atoms with Gasteiger partial charge in [0.2, 0.25) is 0 Å². The Labute approximate surface area is 84.2 Å². The van der Waals surface area contributed by atoms with Crippen LogP contribution in [-0.4, -0.2) is 19.7 Å². The van der Waals surface area contributed by atoms with Crippen LogP contribution < -0.4 is 9.92 Å². The molecule has 5 nitrogen and oxygen atoms in total. The van der Waals surface area contributed by atoms with E-state index in [9.17, 15) is 8.42 Å². The Morgan fingerprint density at radius 2 is 2.23 bits per heavy atom. The Hall–Kier alpha value is -0.820. The molecule has 0 bridgehead atoms. The van der Waals surface area contributed by atoms with Crippen LogP contribution in [0.5, 0.6) is 5.75 Å². The van der Waals surface area contributed by atoms with Gasteiger partial charge >= 0.3 is 10.1 Å². The lowest BCUT2D eigenvalue weighted by Crippen LogP contribution is -2.08. The smallest absolute Gasteiger partial charge is 0.306 e. The van der Waals surface area contributed by atoms with Crippen LogP contribution in [0.3, 0.4) is 0 Å². The van der Waals surface area contributed by atoms with Crippen molar-refractivity contribution in [1.29, 1.82) is 0 Å². The van der Waals surface area contributed by atoms with E-state index in [-0.39, 0.29) is 11.6 Å². The quantitative estimate of drug-likeness (QED) is 0.800. The number of rotatable bonds is 2. The Kier molecular flexibility index (Phi) is 2.77. The summed E-state index contributed by atoms with van der Waals surface area (Å²) in [5, 5.41) is 0. The van der Waals surface area contributed by atoms with E-state index < -0.39 is 10.1 Å². The van der Waals surface area contributed by atoms with Gasteiger partial charge < -0.3 is 9.92 Å². The van der Waals surface area contributed by atoms with Crippen LogP contribution in [-0.2, 0) is 10.1 Å². The summed E-state index contributed by atoms with van der Waals surface area (Å²) < 4.78 is 26.7. The molecule has 0 saturated heterocycles. The number of hydrogen-bond acceptors (Lipinski definition) is 5. The SMILES string of the molecule is CS(=O)(=O)Oc1cc(Br)cnc1N. The summed E-state index contributed by atoms with van der Waals surface area (Å²) in [6.07, 6.45) is 2.39.